The molecule has 0 aliphatic heterocycles. The van der Waals surface area contributed by atoms with Crippen LogP contribution in [-0.4, -0.2) is 25.2 Å². The first-order valence-corrected chi connectivity index (χ1v) is 7.30. The highest BCUT2D eigenvalue weighted by Crippen LogP contribution is 2.17. The third kappa shape index (κ3) is 4.31. The Bertz CT molecular complexity index is 537. The van der Waals surface area contributed by atoms with E-state index in [-0.39, 0.29) is 6.04 Å². The molecule has 3 heteroatoms. The van der Waals surface area contributed by atoms with Crippen molar-refractivity contribution in [1.29, 1.82) is 0 Å². The van der Waals surface area contributed by atoms with Gasteiger partial charge in [-0.1, -0.05) is 42.5 Å². The van der Waals surface area contributed by atoms with Crippen LogP contribution in [-0.2, 0) is 6.54 Å². The van der Waals surface area contributed by atoms with Crippen LogP contribution in [0, 0.1) is 0 Å². The van der Waals surface area contributed by atoms with Crippen LogP contribution in [0.25, 0.3) is 0 Å². The zero-order valence-corrected chi connectivity index (χ0v) is 13.0. The number of nitrogens with one attached hydrogen (secondary N) is 1. The number of benzene rings is 2. The fraction of sp³-hybridized carbons (Fsp3) is 0.333. The minimum atomic E-state index is -0.493. The first-order valence-electron chi connectivity index (χ1n) is 7.30. The van der Waals surface area contributed by atoms with E-state index in [4.69, 9.17) is 0 Å². The summed E-state index contributed by atoms with van der Waals surface area (Å²) >= 11 is 0. The van der Waals surface area contributed by atoms with Crippen molar-refractivity contribution in [1.82, 2.24) is 5.32 Å². The minimum absolute atomic E-state index is 0.000857. The molecular formula is C18H24N2O. The van der Waals surface area contributed by atoms with Crippen molar-refractivity contribution in [3.8, 4) is 0 Å². The van der Waals surface area contributed by atoms with Crippen LogP contribution >= 0.6 is 0 Å². The maximum Gasteiger partial charge on any atom is 0.0940 e. The molecule has 0 aliphatic rings. The average Bonchev–Trinajstić information content (AvgIpc) is 2.53. The first kappa shape index (κ1) is 15.5. The third-order valence-electron chi connectivity index (χ3n) is 3.70. The number of hydrogen-bond acceptors (Lipinski definition) is 3. The first-order chi connectivity index (χ1) is 10.1. The van der Waals surface area contributed by atoms with Crippen LogP contribution in [0.4, 0.5) is 5.69 Å². The van der Waals surface area contributed by atoms with Crippen LogP contribution in [0.15, 0.2) is 54.6 Å². The second-order valence-corrected chi connectivity index (χ2v) is 5.59. The second kappa shape index (κ2) is 7.25. The topological polar surface area (TPSA) is 35.5 Å². The van der Waals surface area contributed by atoms with Gasteiger partial charge >= 0.3 is 0 Å². The molecule has 0 heterocycles. The van der Waals surface area contributed by atoms with Gasteiger partial charge in [0.15, 0.2) is 0 Å². The standard InChI is InChI=1S/C18H24N2O/c1-14(18(21)16-7-5-4-6-8-16)19-13-15-9-11-17(12-10-15)20(2)3/h4-12,14,18-19,21H,13H2,1-3H3. The lowest BCUT2D eigenvalue weighted by atomic mass is 10.0. The van der Waals surface area contributed by atoms with Crippen LogP contribution < -0.4 is 10.2 Å². The van der Waals surface area contributed by atoms with E-state index in [0.29, 0.717) is 0 Å². The van der Waals surface area contributed by atoms with E-state index in [1.807, 2.05) is 51.4 Å². The lowest BCUT2D eigenvalue weighted by Gasteiger charge is -2.21. The summed E-state index contributed by atoms with van der Waals surface area (Å²) < 4.78 is 0. The Morgan fingerprint density at radius 2 is 1.62 bits per heavy atom. The molecule has 112 valence electrons. The normalized spacial score (nSPS) is 13.7. The zero-order chi connectivity index (χ0) is 15.2. The summed E-state index contributed by atoms with van der Waals surface area (Å²) in [7, 11) is 4.07. The lowest BCUT2D eigenvalue weighted by Crippen LogP contribution is -2.31. The van der Waals surface area contributed by atoms with Crippen molar-refractivity contribution in [2.75, 3.05) is 19.0 Å². The van der Waals surface area contributed by atoms with Gasteiger partial charge in [0, 0.05) is 32.4 Å². The Hall–Kier alpha value is -1.84. The maximum atomic E-state index is 10.3. The maximum absolute atomic E-state index is 10.3. The van der Waals surface area contributed by atoms with E-state index < -0.39 is 6.10 Å². The van der Waals surface area contributed by atoms with Crippen molar-refractivity contribution in [2.45, 2.75) is 25.6 Å². The fourth-order valence-electron chi connectivity index (χ4n) is 2.24. The molecule has 0 radical (unpaired) electrons. The lowest BCUT2D eigenvalue weighted by molar-refractivity contribution is 0.135. The summed E-state index contributed by atoms with van der Waals surface area (Å²) in [5.41, 5.74) is 3.35. The monoisotopic (exact) mass is 284 g/mol. The number of aliphatic hydroxyl groups excluding tert-OH is 1. The number of anilines is 1. The summed E-state index contributed by atoms with van der Waals surface area (Å²) in [6.07, 6.45) is -0.493. The molecule has 0 aromatic heterocycles. The molecule has 2 atom stereocenters. The Morgan fingerprint density at radius 1 is 1.00 bits per heavy atom. The molecule has 2 aromatic rings. The number of nitrogens with zero attached hydrogens (tertiary/aromatic N) is 1. The van der Waals surface area contributed by atoms with E-state index in [1.54, 1.807) is 0 Å². The molecule has 3 nitrogen and oxygen atoms in total. The molecule has 0 spiro atoms. The molecule has 0 amide bonds. The molecule has 2 unspecified atom stereocenters. The van der Waals surface area contributed by atoms with E-state index in [0.717, 1.165) is 12.1 Å². The zero-order valence-electron chi connectivity index (χ0n) is 13.0. The molecular weight excluding hydrogens is 260 g/mol. The molecule has 21 heavy (non-hydrogen) atoms. The molecule has 0 fully saturated rings. The van der Waals surface area contributed by atoms with Gasteiger partial charge in [0.2, 0.25) is 0 Å². The van der Waals surface area contributed by atoms with Crippen LogP contribution in [0.3, 0.4) is 0 Å². The number of aliphatic hydroxyl groups is 1. The molecule has 0 saturated carbocycles. The molecule has 0 saturated heterocycles. The van der Waals surface area contributed by atoms with Gasteiger partial charge in [-0.25, -0.2) is 0 Å². The Balaban J connectivity index is 1.90. The van der Waals surface area contributed by atoms with Gasteiger partial charge < -0.3 is 15.3 Å². The average molecular weight is 284 g/mol. The van der Waals surface area contributed by atoms with E-state index >= 15 is 0 Å². The van der Waals surface area contributed by atoms with Gasteiger partial charge in [0.05, 0.1) is 6.10 Å². The summed E-state index contributed by atoms with van der Waals surface area (Å²) in [4.78, 5) is 2.08. The Kier molecular flexibility index (Phi) is 5.37. The predicted octanol–water partition coefficient (Wildman–Crippen LogP) is 2.96. The van der Waals surface area contributed by atoms with Crippen molar-refractivity contribution in [3.63, 3.8) is 0 Å². The summed E-state index contributed by atoms with van der Waals surface area (Å²) in [6, 6.07) is 18.2. The van der Waals surface area contributed by atoms with Gasteiger partial charge in [0.25, 0.3) is 0 Å². The quantitative estimate of drug-likeness (QED) is 0.856. The van der Waals surface area contributed by atoms with Crippen LogP contribution in [0.2, 0.25) is 0 Å². The number of hydrogen-bond donors (Lipinski definition) is 2. The van der Waals surface area contributed by atoms with Crippen LogP contribution in [0.5, 0.6) is 0 Å². The van der Waals surface area contributed by atoms with E-state index in [1.165, 1.54) is 11.3 Å². The molecule has 0 aliphatic carbocycles. The number of rotatable bonds is 6. The second-order valence-electron chi connectivity index (χ2n) is 5.59. The Morgan fingerprint density at radius 3 is 2.19 bits per heavy atom. The highest BCUT2D eigenvalue weighted by Gasteiger charge is 2.15. The van der Waals surface area contributed by atoms with Crippen molar-refractivity contribution in [3.05, 3.63) is 65.7 Å². The van der Waals surface area contributed by atoms with Gasteiger partial charge in [0.1, 0.15) is 0 Å². The largest absolute Gasteiger partial charge is 0.387 e. The smallest absolute Gasteiger partial charge is 0.0940 e. The van der Waals surface area contributed by atoms with Crippen molar-refractivity contribution >= 4 is 5.69 Å². The summed E-state index contributed by atoms with van der Waals surface area (Å²) in [5.74, 6) is 0. The minimum Gasteiger partial charge on any atom is -0.387 e. The van der Waals surface area contributed by atoms with Gasteiger partial charge in [-0.2, -0.15) is 0 Å². The fourth-order valence-corrected chi connectivity index (χ4v) is 2.24. The molecule has 2 N–H and O–H groups in total. The Labute approximate surface area is 127 Å². The third-order valence-corrected chi connectivity index (χ3v) is 3.70. The SMILES string of the molecule is CC(NCc1ccc(N(C)C)cc1)C(O)c1ccccc1. The van der Waals surface area contributed by atoms with Gasteiger partial charge in [-0.15, -0.1) is 0 Å². The summed E-state index contributed by atoms with van der Waals surface area (Å²) in [5, 5.41) is 13.7. The van der Waals surface area contributed by atoms with E-state index in [2.05, 4.69) is 34.5 Å². The molecule has 2 rings (SSSR count). The van der Waals surface area contributed by atoms with Gasteiger partial charge in [-0.05, 0) is 30.2 Å². The predicted molar refractivity (Wildman–Crippen MR) is 88.5 cm³/mol. The molecule has 2 aromatic carbocycles. The summed E-state index contributed by atoms with van der Waals surface area (Å²) in [6.45, 7) is 2.75. The van der Waals surface area contributed by atoms with Crippen LogP contribution in [0.1, 0.15) is 24.2 Å². The highest BCUT2D eigenvalue weighted by molar-refractivity contribution is 5.45. The van der Waals surface area contributed by atoms with E-state index in [9.17, 15) is 5.11 Å². The van der Waals surface area contributed by atoms with Crippen molar-refractivity contribution < 1.29 is 5.11 Å². The highest BCUT2D eigenvalue weighted by atomic mass is 16.3. The molecule has 0 bridgehead atoms. The van der Waals surface area contributed by atoms with Gasteiger partial charge in [-0.3, -0.25) is 0 Å². The van der Waals surface area contributed by atoms with Crippen molar-refractivity contribution in [2.24, 2.45) is 0 Å².